The average molecular weight is 2100 g/mol. The van der Waals surface area contributed by atoms with E-state index in [1.807, 2.05) is 0 Å². The first kappa shape index (κ1) is 150. The van der Waals surface area contributed by atoms with E-state index in [4.69, 9.17) is 33.2 Å². The van der Waals surface area contributed by atoms with Crippen LogP contribution in [0.4, 0.5) is 0 Å². The molecule has 115 heavy (non-hydrogen) atoms. The fourth-order valence-corrected chi connectivity index (χ4v) is 14.6. The maximum absolute atomic E-state index is 12.6. The van der Waals surface area contributed by atoms with Crippen LogP contribution in [-0.4, -0.2) is 331 Å². The van der Waals surface area contributed by atoms with Crippen molar-refractivity contribution in [1.29, 1.82) is 0 Å². The fraction of sp³-hybridized carbons (Fsp3) is 1.00. The van der Waals surface area contributed by atoms with E-state index in [-0.39, 0.29) is 414 Å². The molecule has 0 amide bonds. The van der Waals surface area contributed by atoms with Crippen molar-refractivity contribution >= 4 is 146 Å². The van der Waals surface area contributed by atoms with Crippen molar-refractivity contribution in [2.75, 3.05) is 26.4 Å². The second-order valence-corrected chi connectivity index (χ2v) is 32.2. The minimum absolute atomic E-state index is 0. The zero-order chi connectivity index (χ0) is 78.2. The SMILES string of the molecule is O=S(=O)([O-])OC[C@@H]1O[C@@H](O[C@H]2O[C@@H](COS(=O)(=O)[O-])[C@@H](O[C@@H]3O[C@@H](CO[C@H]4O[C@@H](COS(=O)(=O)[O-])[C@@H](OS(=O)(=O)[O-])[C@H](OS(=O)(=O)[O-])[C@@H]4OS(=O)(=O)[O-])[C@@H](OS(=O)(=O)[O-])[C@H](OS(=O)(=O)[O-])[C@@H]3OS(=O)(=O)[O-])[C@H](OS(=O)(=O)[O-])[C@@H]2OS(=O)(=O)[O-])[C@@H](OS(=O)(=O)[O-])[C@@H](OS(=O)(=O)[O-])[C@H]1OS(=O)(=O)[O-].[Na+].[Na+].[Na+].[Na+].[Na+].[Na+].[Na+].[Na+].[Na+].[Na+].[Na+].[Na+].[Na+].[Na+]. The van der Waals surface area contributed by atoms with Crippen LogP contribution in [0, 0.1) is 0 Å². The van der Waals surface area contributed by atoms with Crippen LogP contribution in [0.25, 0.3) is 0 Å². The van der Waals surface area contributed by atoms with E-state index in [1.54, 1.807) is 0 Å². The van der Waals surface area contributed by atoms with E-state index in [9.17, 15) is 182 Å². The number of rotatable bonds is 38. The minimum Gasteiger partial charge on any atom is -0.726 e. The summed E-state index contributed by atoms with van der Waals surface area (Å²) >= 11 is 0. The molecule has 0 aromatic heterocycles. The van der Waals surface area contributed by atoms with Crippen molar-refractivity contribution in [3.05, 3.63) is 0 Å². The van der Waals surface area contributed by atoms with E-state index in [0.717, 1.165) is 0 Å². The summed E-state index contributed by atoms with van der Waals surface area (Å²) in [7, 11) is -95.0. The quantitative estimate of drug-likeness (QED) is 0.0315. The first-order valence-corrected chi connectivity index (χ1v) is 41.8. The minimum atomic E-state index is -7.16. The topological polar surface area (TPSA) is 995 Å². The Hall–Kier alpha value is 11.9. The van der Waals surface area contributed by atoms with Gasteiger partial charge in [-0.2, -0.15) is 0 Å². The van der Waals surface area contributed by atoms with Gasteiger partial charge in [0.15, 0.2) is 49.6 Å². The Morgan fingerprint density at radius 1 is 0.174 bits per heavy atom. The van der Waals surface area contributed by atoms with E-state index in [1.165, 1.54) is 0 Å². The van der Waals surface area contributed by atoms with Crippen molar-refractivity contribution < 1.29 is 687 Å². The molecular formula is C24H28Na14O63S14. The van der Waals surface area contributed by atoms with Crippen molar-refractivity contribution in [1.82, 2.24) is 0 Å². The zero-order valence-electron chi connectivity index (χ0n) is 59.8. The zero-order valence-corrected chi connectivity index (χ0v) is 99.2. The van der Waals surface area contributed by atoms with Crippen molar-refractivity contribution in [2.24, 2.45) is 0 Å². The van der Waals surface area contributed by atoms with E-state index in [2.05, 4.69) is 58.6 Å². The maximum atomic E-state index is 12.6. The Kier molecular flexibility index (Phi) is 78.1. The molecule has 0 aromatic carbocycles. The molecule has 4 saturated heterocycles. The van der Waals surface area contributed by atoms with E-state index in [0.29, 0.717) is 0 Å². The van der Waals surface area contributed by atoms with Gasteiger partial charge in [0.1, 0.15) is 73.2 Å². The van der Waals surface area contributed by atoms with Crippen molar-refractivity contribution in [2.45, 2.75) is 123 Å². The van der Waals surface area contributed by atoms with Gasteiger partial charge in [0, 0.05) is 0 Å². The summed E-state index contributed by atoms with van der Waals surface area (Å²) in [5.74, 6) is 0. The van der Waals surface area contributed by atoms with Gasteiger partial charge in [-0.1, -0.05) is 0 Å². The van der Waals surface area contributed by atoms with Gasteiger partial charge in [0.2, 0.25) is 146 Å². The predicted octanol–water partition coefficient (Wildman–Crippen LogP) is -58.9. The molecule has 4 aliphatic rings. The number of ether oxygens (including phenoxy) is 7. The molecule has 4 fully saturated rings. The molecule has 4 heterocycles. The number of hydrogen-bond donors (Lipinski definition) is 0. The standard InChI is InChI=1S/C24H42O63S14.14Na/c25-88(26,27)68-2-6-9(13(80-94(43,44)45)18(85-99(58,59)60)23(73-6)76-24-20(87-101(64,65)66)16(83-97(52,53)54)12(79-93(40,41)42)8(74-24)4-70-90(31,32)33)75-22-19(86-100(61,62)63)15(82-96(49,50)51)10(77-91(34,35)36)5(72-22)1-67-21-17(84-98(55,56)57)14(81-95(46,47)48)11(78-92(37,38)39)7(71-21)3-69-89(28,29)30;;;;;;;;;;;;;;/h5-24H,1-4H2,(H,25,26,27)(H,28,29,30)(H,31,32,33)(H,34,35,36)(H,37,38,39)(H,40,41,42)(H,43,44,45)(H,46,47,48)(H,49,50,51)(H,52,53,54)(H,55,56,57)(H,58,59,60)(H,61,62,63)(H,64,65,66);;;;;;;;;;;;;;/q;14*+1/p-14/t5-,6-,7-,8-,9+,10+,11+,12-,13-,14-,15-,16-,17-,18-,19-,20-,21-,22-,23+,24-;;;;;;;;;;;;;;/m0............../s1. The van der Waals surface area contributed by atoms with Crippen molar-refractivity contribution in [3.63, 3.8) is 0 Å². The van der Waals surface area contributed by atoms with Crippen LogP contribution in [0.15, 0.2) is 0 Å². The smallest absolute Gasteiger partial charge is 0.726 e. The molecule has 4 rings (SSSR count). The van der Waals surface area contributed by atoms with Crippen LogP contribution in [0.5, 0.6) is 0 Å². The average Bonchev–Trinajstić information content (AvgIpc) is 0.757. The Morgan fingerprint density at radius 2 is 0.322 bits per heavy atom. The molecule has 0 aliphatic carbocycles. The molecule has 0 radical (unpaired) electrons. The first-order chi connectivity index (χ1) is 44.7. The fourth-order valence-electron chi connectivity index (χ4n) is 8.30. The first-order valence-electron chi connectivity index (χ1n) is 23.1. The summed E-state index contributed by atoms with van der Waals surface area (Å²) in [6, 6.07) is 0. The third-order valence-electron chi connectivity index (χ3n) is 11.0. The summed E-state index contributed by atoms with van der Waals surface area (Å²) < 4.78 is 595. The van der Waals surface area contributed by atoms with E-state index >= 15 is 0 Å². The van der Waals surface area contributed by atoms with E-state index < -0.39 is 295 Å². The van der Waals surface area contributed by atoms with Crippen LogP contribution >= 0.6 is 0 Å². The van der Waals surface area contributed by atoms with Gasteiger partial charge in [0.05, 0.1) is 26.4 Å². The Bertz CT molecular complexity index is 4670. The Labute approximate surface area is 962 Å². The van der Waals surface area contributed by atoms with Crippen LogP contribution in [0.2, 0.25) is 0 Å². The number of hydrogen-bond acceptors (Lipinski definition) is 63. The van der Waals surface area contributed by atoms with Gasteiger partial charge in [-0.25, -0.2) is 118 Å². The Morgan fingerprint density at radius 3 is 0.522 bits per heavy atom. The summed E-state index contributed by atoms with van der Waals surface area (Å²) in [5, 5.41) is 0. The van der Waals surface area contributed by atoms with Gasteiger partial charge >= 0.3 is 414 Å². The molecule has 0 spiro atoms. The van der Waals surface area contributed by atoms with Gasteiger partial charge in [0.25, 0.3) is 0 Å². The second-order valence-electron chi connectivity index (χ2n) is 18.0. The normalized spacial score (nSPS) is 28.5. The van der Waals surface area contributed by atoms with Gasteiger partial charge < -0.3 is 96.9 Å². The molecule has 0 aromatic rings. The third kappa shape index (κ3) is 61.1. The molecule has 0 unspecified atom stereocenters. The molecule has 20 atom stereocenters. The molecule has 91 heteroatoms. The van der Waals surface area contributed by atoms with Gasteiger partial charge in [-0.15, -0.1) is 0 Å². The van der Waals surface area contributed by atoms with Crippen LogP contribution in [0.3, 0.4) is 0 Å². The van der Waals surface area contributed by atoms with Crippen LogP contribution < -0.4 is 414 Å². The predicted molar refractivity (Wildman–Crippen MR) is 254 cm³/mol. The molecule has 4 aliphatic heterocycles. The van der Waals surface area contributed by atoms with Crippen molar-refractivity contribution in [3.8, 4) is 0 Å². The van der Waals surface area contributed by atoms with Gasteiger partial charge in [-0.3, -0.25) is 58.6 Å². The molecule has 0 saturated carbocycles. The summed E-state index contributed by atoms with van der Waals surface area (Å²) in [6.45, 7) is -9.81. The van der Waals surface area contributed by atoms with Crippen LogP contribution in [0.1, 0.15) is 0 Å². The Balaban J connectivity index is -0.000000858. The third-order valence-corrected chi connectivity index (χ3v) is 17.3. The maximum Gasteiger partial charge on any atom is 1.00 e. The summed E-state index contributed by atoms with van der Waals surface area (Å²) in [5.41, 5.74) is 0. The largest absolute Gasteiger partial charge is 1.00 e. The molecule has 0 bridgehead atoms. The van der Waals surface area contributed by atoms with Gasteiger partial charge in [-0.05, 0) is 0 Å². The second kappa shape index (κ2) is 60.0. The molecule has 0 N–H and O–H groups in total. The molecular weight excluding hydrogens is 2070 g/mol. The summed E-state index contributed by atoms with van der Waals surface area (Å²) in [6.07, 6.45) is -76.8. The monoisotopic (exact) mass is 2090 g/mol. The molecule has 600 valence electrons. The summed E-state index contributed by atoms with van der Waals surface area (Å²) in [4.78, 5) is 0. The van der Waals surface area contributed by atoms with Crippen LogP contribution in [-0.2, 0) is 237 Å². The molecule has 63 nitrogen and oxygen atoms in total.